The fourth-order valence-corrected chi connectivity index (χ4v) is 4.25. The molecule has 162 valence electrons. The van der Waals surface area contributed by atoms with E-state index in [1.54, 1.807) is 18.2 Å². The van der Waals surface area contributed by atoms with Crippen molar-refractivity contribution in [3.05, 3.63) is 63.1 Å². The van der Waals surface area contributed by atoms with Crippen LogP contribution in [0.15, 0.2) is 35.1 Å². The number of carbonyl (C=O) groups excluding carboxylic acids is 1. The number of nitrogens with one attached hydrogen (secondary N) is 1. The molecule has 3 rings (SSSR count). The molecule has 30 heavy (non-hydrogen) atoms. The van der Waals surface area contributed by atoms with Crippen LogP contribution in [0.1, 0.15) is 53.5 Å². The van der Waals surface area contributed by atoms with Crippen molar-refractivity contribution in [2.45, 2.75) is 52.5 Å². The Balaban J connectivity index is 1.71. The highest BCUT2D eigenvalue weighted by Gasteiger charge is 2.19. The van der Waals surface area contributed by atoms with Crippen LogP contribution in [0.4, 0.5) is 0 Å². The Morgan fingerprint density at radius 1 is 1.10 bits per heavy atom. The minimum Gasteiger partial charge on any atom is -0.508 e. The van der Waals surface area contributed by atoms with Gasteiger partial charge in [-0.2, -0.15) is 0 Å². The minimum atomic E-state index is -0.303. The molecule has 1 aromatic carbocycles. The quantitative estimate of drug-likeness (QED) is 0.701. The number of hydrogen-bond acceptors (Lipinski definition) is 4. The number of pyridine rings is 1. The topological polar surface area (TPSA) is 74.6 Å². The van der Waals surface area contributed by atoms with Crippen molar-refractivity contribution in [2.24, 2.45) is 0 Å². The summed E-state index contributed by atoms with van der Waals surface area (Å²) in [6, 6.07) is 8.52. The van der Waals surface area contributed by atoms with E-state index < -0.39 is 0 Å². The van der Waals surface area contributed by atoms with Crippen molar-refractivity contribution >= 4 is 5.91 Å². The standard InChI is InChI=1S/C24H33N3O3/c1-3-21-23(24(30)25-12-11-19-7-9-20(28)10-8-19)22(29)17-18(2)27(21)16-15-26-13-5-4-6-14-26/h7-10,17,28H,3-6,11-16H2,1-2H3,(H,25,30). The number of nitrogens with zero attached hydrogens (tertiary/aromatic N) is 2. The summed E-state index contributed by atoms with van der Waals surface area (Å²) in [5.74, 6) is -0.0810. The normalized spacial score (nSPS) is 14.6. The Hall–Kier alpha value is -2.60. The number of aromatic hydroxyl groups is 1. The van der Waals surface area contributed by atoms with Gasteiger partial charge in [0.15, 0.2) is 5.43 Å². The lowest BCUT2D eigenvalue weighted by Crippen LogP contribution is -2.36. The summed E-state index contributed by atoms with van der Waals surface area (Å²) in [6.07, 6.45) is 5.08. The van der Waals surface area contributed by atoms with Gasteiger partial charge in [0.05, 0.1) is 0 Å². The molecule has 0 bridgehead atoms. The maximum Gasteiger partial charge on any atom is 0.257 e. The lowest BCUT2D eigenvalue weighted by molar-refractivity contribution is 0.0951. The molecule has 0 atom stereocenters. The number of aromatic nitrogens is 1. The Morgan fingerprint density at radius 2 is 1.80 bits per heavy atom. The number of rotatable bonds is 8. The Kier molecular flexibility index (Phi) is 7.69. The molecule has 1 aromatic heterocycles. The Morgan fingerprint density at radius 3 is 2.47 bits per heavy atom. The predicted molar refractivity (Wildman–Crippen MR) is 119 cm³/mol. The van der Waals surface area contributed by atoms with Crippen molar-refractivity contribution in [3.8, 4) is 5.75 Å². The van der Waals surface area contributed by atoms with Gasteiger partial charge in [0.2, 0.25) is 0 Å². The summed E-state index contributed by atoms with van der Waals surface area (Å²) >= 11 is 0. The van der Waals surface area contributed by atoms with E-state index in [-0.39, 0.29) is 22.6 Å². The van der Waals surface area contributed by atoms with Crippen molar-refractivity contribution in [1.29, 1.82) is 0 Å². The summed E-state index contributed by atoms with van der Waals surface area (Å²) in [5.41, 5.74) is 2.81. The van der Waals surface area contributed by atoms with E-state index in [0.29, 0.717) is 19.4 Å². The van der Waals surface area contributed by atoms with E-state index in [1.807, 2.05) is 26.0 Å². The molecule has 0 radical (unpaired) electrons. The van der Waals surface area contributed by atoms with Gasteiger partial charge in [0.25, 0.3) is 5.91 Å². The molecule has 0 unspecified atom stereocenters. The van der Waals surface area contributed by atoms with Gasteiger partial charge in [-0.25, -0.2) is 0 Å². The highest BCUT2D eigenvalue weighted by atomic mass is 16.3. The summed E-state index contributed by atoms with van der Waals surface area (Å²) in [7, 11) is 0. The number of amides is 1. The second-order valence-corrected chi connectivity index (χ2v) is 8.05. The van der Waals surface area contributed by atoms with Gasteiger partial charge in [-0.15, -0.1) is 0 Å². The monoisotopic (exact) mass is 411 g/mol. The second kappa shape index (κ2) is 10.4. The van der Waals surface area contributed by atoms with Crippen molar-refractivity contribution in [3.63, 3.8) is 0 Å². The molecule has 6 heteroatoms. The molecule has 0 spiro atoms. The first-order valence-electron chi connectivity index (χ1n) is 11.0. The van der Waals surface area contributed by atoms with Crippen LogP contribution in [0.5, 0.6) is 5.75 Å². The SMILES string of the molecule is CCc1c(C(=O)NCCc2ccc(O)cc2)c(=O)cc(C)n1CCN1CCCCC1. The van der Waals surface area contributed by atoms with Gasteiger partial charge in [-0.05, 0) is 63.4 Å². The van der Waals surface area contributed by atoms with Gasteiger partial charge in [-0.3, -0.25) is 9.59 Å². The van der Waals surface area contributed by atoms with Crippen LogP contribution in [0.25, 0.3) is 0 Å². The third-order valence-electron chi connectivity index (χ3n) is 5.91. The van der Waals surface area contributed by atoms with Gasteiger partial charge in [0.1, 0.15) is 11.3 Å². The molecule has 0 saturated carbocycles. The molecule has 2 heterocycles. The first-order valence-corrected chi connectivity index (χ1v) is 11.0. The maximum atomic E-state index is 12.9. The van der Waals surface area contributed by atoms with E-state index in [9.17, 15) is 14.7 Å². The number of phenolic OH excluding ortho intramolecular Hbond substituents is 1. The summed E-state index contributed by atoms with van der Waals surface area (Å²) in [5, 5.41) is 12.3. The van der Waals surface area contributed by atoms with Crippen LogP contribution < -0.4 is 10.7 Å². The number of likely N-dealkylation sites (tertiary alicyclic amines) is 1. The number of carbonyl (C=O) groups is 1. The fourth-order valence-electron chi connectivity index (χ4n) is 4.25. The molecule has 1 aliphatic heterocycles. The molecule has 1 fully saturated rings. The van der Waals surface area contributed by atoms with E-state index in [0.717, 1.165) is 43.1 Å². The van der Waals surface area contributed by atoms with E-state index in [1.165, 1.54) is 19.3 Å². The zero-order chi connectivity index (χ0) is 21.5. The smallest absolute Gasteiger partial charge is 0.257 e. The van der Waals surface area contributed by atoms with Crippen LogP contribution in [0, 0.1) is 6.92 Å². The fraction of sp³-hybridized carbons (Fsp3) is 0.500. The molecule has 1 amide bonds. The number of piperidine rings is 1. The number of benzene rings is 1. The lowest BCUT2D eigenvalue weighted by Gasteiger charge is -2.28. The van der Waals surface area contributed by atoms with Crippen LogP contribution >= 0.6 is 0 Å². The molecule has 6 nitrogen and oxygen atoms in total. The highest BCUT2D eigenvalue weighted by Crippen LogP contribution is 2.13. The average Bonchev–Trinajstić information content (AvgIpc) is 2.74. The van der Waals surface area contributed by atoms with Gasteiger partial charge < -0.3 is 19.9 Å². The highest BCUT2D eigenvalue weighted by molar-refractivity contribution is 5.95. The maximum absolute atomic E-state index is 12.9. The molecule has 0 aliphatic carbocycles. The average molecular weight is 412 g/mol. The van der Waals surface area contributed by atoms with Gasteiger partial charge in [-0.1, -0.05) is 25.5 Å². The van der Waals surface area contributed by atoms with Crippen molar-refractivity contribution in [1.82, 2.24) is 14.8 Å². The second-order valence-electron chi connectivity index (χ2n) is 8.05. The predicted octanol–water partition coefficient (Wildman–Crippen LogP) is 2.88. The molecule has 2 aromatic rings. The Labute approximate surface area is 178 Å². The summed E-state index contributed by atoms with van der Waals surface area (Å²) in [4.78, 5) is 28.0. The van der Waals surface area contributed by atoms with Crippen molar-refractivity contribution < 1.29 is 9.90 Å². The molecular formula is C24H33N3O3. The molecule has 1 saturated heterocycles. The van der Waals surface area contributed by atoms with E-state index >= 15 is 0 Å². The third kappa shape index (κ3) is 5.51. The van der Waals surface area contributed by atoms with Gasteiger partial charge >= 0.3 is 0 Å². The minimum absolute atomic E-state index is 0.208. The zero-order valence-corrected chi connectivity index (χ0v) is 18.1. The van der Waals surface area contributed by atoms with Crippen molar-refractivity contribution in [2.75, 3.05) is 26.2 Å². The summed E-state index contributed by atoms with van der Waals surface area (Å²) in [6.45, 7) is 8.38. The molecule has 2 N–H and O–H groups in total. The lowest BCUT2D eigenvalue weighted by atomic mass is 10.1. The first kappa shape index (κ1) is 22.1. The largest absolute Gasteiger partial charge is 0.508 e. The molecule has 1 aliphatic rings. The first-order chi connectivity index (χ1) is 14.5. The Bertz CT molecular complexity index is 913. The van der Waals surface area contributed by atoms with Crippen LogP contribution in [0.3, 0.4) is 0 Å². The molecular weight excluding hydrogens is 378 g/mol. The zero-order valence-electron chi connectivity index (χ0n) is 18.1. The van der Waals surface area contributed by atoms with E-state index in [2.05, 4.69) is 14.8 Å². The van der Waals surface area contributed by atoms with E-state index in [4.69, 9.17) is 0 Å². The number of hydrogen-bond donors (Lipinski definition) is 2. The summed E-state index contributed by atoms with van der Waals surface area (Å²) < 4.78 is 2.14. The van der Waals surface area contributed by atoms with Crippen LogP contribution in [0.2, 0.25) is 0 Å². The van der Waals surface area contributed by atoms with Crippen LogP contribution in [-0.4, -0.2) is 46.7 Å². The third-order valence-corrected chi connectivity index (χ3v) is 5.91. The number of phenols is 1. The van der Waals surface area contributed by atoms with Gasteiger partial charge in [0, 0.05) is 37.1 Å². The number of aryl methyl sites for hydroxylation is 1. The van der Waals surface area contributed by atoms with Crippen LogP contribution in [-0.2, 0) is 19.4 Å².